The van der Waals surface area contributed by atoms with Gasteiger partial charge in [-0.25, -0.2) is 12.7 Å². The number of hydrogen-bond donors (Lipinski definition) is 1. The molecule has 3 amide bonds. The molecule has 210 valence electrons. The Bertz CT molecular complexity index is 1500. The molecule has 40 heavy (non-hydrogen) atoms. The van der Waals surface area contributed by atoms with Crippen LogP contribution in [0.15, 0.2) is 70.9 Å². The molecule has 3 heterocycles. The highest BCUT2D eigenvalue weighted by molar-refractivity contribution is 7.90. The highest BCUT2D eigenvalue weighted by Crippen LogP contribution is 2.32. The van der Waals surface area contributed by atoms with E-state index in [0.717, 1.165) is 17.7 Å². The number of nitrogens with one attached hydrogen (secondary N) is 1. The number of ether oxygens (including phenoxy) is 2. The normalized spacial score (nSPS) is 18.3. The van der Waals surface area contributed by atoms with E-state index in [1.165, 1.54) is 41.5 Å². The molecule has 2 atom stereocenters. The van der Waals surface area contributed by atoms with Crippen LogP contribution >= 0.6 is 11.3 Å². The maximum Gasteiger partial charge on any atom is 0.269 e. The molecule has 0 bridgehead atoms. The van der Waals surface area contributed by atoms with Crippen molar-refractivity contribution in [2.45, 2.75) is 36.4 Å². The van der Waals surface area contributed by atoms with Gasteiger partial charge in [0, 0.05) is 18.0 Å². The first kappa shape index (κ1) is 27.8. The first-order valence-corrected chi connectivity index (χ1v) is 15.1. The number of nitrogens with zero attached hydrogens (tertiary/aromatic N) is 2. The molecule has 2 aromatic carbocycles. The van der Waals surface area contributed by atoms with Gasteiger partial charge in [0.05, 0.1) is 25.3 Å². The second-order valence-corrected chi connectivity index (χ2v) is 12.3. The average Bonchev–Trinajstić information content (AvgIpc) is 3.71. The molecule has 0 unspecified atom stereocenters. The number of amides is 3. The Kier molecular flexibility index (Phi) is 8.19. The van der Waals surface area contributed by atoms with Crippen molar-refractivity contribution < 1.29 is 32.3 Å². The van der Waals surface area contributed by atoms with Crippen LogP contribution in [-0.4, -0.2) is 68.3 Å². The third kappa shape index (κ3) is 5.60. The van der Waals surface area contributed by atoms with Crippen molar-refractivity contribution in [1.29, 1.82) is 0 Å². The minimum atomic E-state index is -4.23. The van der Waals surface area contributed by atoms with Gasteiger partial charge < -0.3 is 19.7 Å². The molecule has 0 saturated carbocycles. The van der Waals surface area contributed by atoms with Crippen molar-refractivity contribution >= 4 is 39.1 Å². The molecule has 2 aliphatic heterocycles. The maximum atomic E-state index is 14.0. The summed E-state index contributed by atoms with van der Waals surface area (Å²) in [5, 5.41) is 4.76. The second kappa shape index (κ2) is 11.8. The molecule has 1 aromatic heterocycles. The van der Waals surface area contributed by atoms with Gasteiger partial charge in [0.25, 0.3) is 15.9 Å². The van der Waals surface area contributed by atoms with Gasteiger partial charge in [0.1, 0.15) is 23.2 Å². The van der Waals surface area contributed by atoms with E-state index >= 15 is 0 Å². The number of carbonyl (C=O) groups is 3. The van der Waals surface area contributed by atoms with E-state index in [1.807, 2.05) is 17.5 Å². The van der Waals surface area contributed by atoms with Crippen molar-refractivity contribution in [3.8, 4) is 5.75 Å². The molecule has 0 radical (unpaired) electrons. The summed E-state index contributed by atoms with van der Waals surface area (Å²) in [5.41, 5.74) is 0.492. The Morgan fingerprint density at radius 1 is 1.18 bits per heavy atom. The van der Waals surface area contributed by atoms with Gasteiger partial charge in [-0.15, -0.1) is 11.3 Å². The lowest BCUT2D eigenvalue weighted by atomic mass is 10.0. The first-order valence-electron chi connectivity index (χ1n) is 12.8. The van der Waals surface area contributed by atoms with E-state index in [4.69, 9.17) is 9.47 Å². The van der Waals surface area contributed by atoms with Crippen molar-refractivity contribution in [3.63, 3.8) is 0 Å². The zero-order chi connectivity index (χ0) is 28.3. The van der Waals surface area contributed by atoms with Crippen LogP contribution in [-0.2, 0) is 30.9 Å². The minimum absolute atomic E-state index is 0.0127. The van der Waals surface area contributed by atoms with Crippen LogP contribution in [0.25, 0.3) is 0 Å². The zero-order valence-corrected chi connectivity index (χ0v) is 23.4. The molecule has 12 heteroatoms. The molecule has 3 aromatic rings. The molecule has 10 nitrogen and oxygen atoms in total. The summed E-state index contributed by atoms with van der Waals surface area (Å²) in [5.74, 6) is -1.43. The van der Waals surface area contributed by atoms with Gasteiger partial charge >= 0.3 is 0 Å². The number of methoxy groups -OCH3 is 1. The third-order valence-corrected chi connectivity index (χ3v) is 9.56. The summed E-state index contributed by atoms with van der Waals surface area (Å²) in [6, 6.07) is 15.2. The van der Waals surface area contributed by atoms with E-state index in [1.54, 1.807) is 30.3 Å². The number of rotatable bonds is 10. The Morgan fingerprint density at radius 3 is 2.70 bits per heavy atom. The van der Waals surface area contributed by atoms with Crippen molar-refractivity contribution in [3.05, 3.63) is 82.0 Å². The fourth-order valence-corrected chi connectivity index (χ4v) is 7.12. The third-order valence-electron chi connectivity index (χ3n) is 6.92. The van der Waals surface area contributed by atoms with E-state index in [2.05, 4.69) is 5.32 Å². The van der Waals surface area contributed by atoms with Gasteiger partial charge in [0.2, 0.25) is 11.8 Å². The molecule has 2 aliphatic rings. The Labute approximate surface area is 236 Å². The van der Waals surface area contributed by atoms with Crippen molar-refractivity contribution in [2.75, 3.05) is 26.8 Å². The zero-order valence-electron chi connectivity index (χ0n) is 21.8. The lowest BCUT2D eigenvalue weighted by molar-refractivity contribution is -0.141. The van der Waals surface area contributed by atoms with E-state index < -0.39 is 40.3 Å². The SMILES string of the molecule is COc1cccc([C@@H](C(=O)NC[C@@H]2CCCO2)N(Cc2cccs2)C(=O)CN2C(=O)c3ccccc3S2(=O)=O)c1. The molecular weight excluding hydrogens is 554 g/mol. The van der Waals surface area contributed by atoms with Gasteiger partial charge in [-0.1, -0.05) is 30.3 Å². The molecule has 1 fully saturated rings. The molecular formula is C28H29N3O7S2. The van der Waals surface area contributed by atoms with Gasteiger partial charge in [-0.05, 0) is 54.1 Å². The topological polar surface area (TPSA) is 122 Å². The summed E-state index contributed by atoms with van der Waals surface area (Å²) in [6.45, 7) is 0.180. The van der Waals surface area contributed by atoms with Crippen molar-refractivity contribution in [2.24, 2.45) is 0 Å². The average molecular weight is 584 g/mol. The molecule has 1 N–H and O–H groups in total. The van der Waals surface area contributed by atoms with E-state index in [9.17, 15) is 22.8 Å². The maximum absolute atomic E-state index is 14.0. The van der Waals surface area contributed by atoms with Crippen LogP contribution < -0.4 is 10.1 Å². The molecule has 1 saturated heterocycles. The summed E-state index contributed by atoms with van der Waals surface area (Å²) in [4.78, 5) is 42.8. The Morgan fingerprint density at radius 2 is 2.00 bits per heavy atom. The fourth-order valence-electron chi connectivity index (χ4n) is 4.90. The van der Waals surface area contributed by atoms with Crippen LogP contribution in [0.2, 0.25) is 0 Å². The van der Waals surface area contributed by atoms with Crippen LogP contribution in [0.1, 0.15) is 39.7 Å². The van der Waals surface area contributed by atoms with E-state index in [0.29, 0.717) is 22.2 Å². The highest BCUT2D eigenvalue weighted by atomic mass is 32.2. The smallest absolute Gasteiger partial charge is 0.269 e. The van der Waals surface area contributed by atoms with Crippen LogP contribution in [0, 0.1) is 0 Å². The van der Waals surface area contributed by atoms with Crippen LogP contribution in [0.4, 0.5) is 0 Å². The molecule has 0 aliphatic carbocycles. The molecule has 5 rings (SSSR count). The standard InChI is InChI=1S/C28H29N3O7S2/c1-37-20-8-4-7-19(15-20)26(27(33)29-16-21-9-5-13-38-21)30(17-22-10-6-14-39-22)25(32)18-31-28(34)23-11-2-3-12-24(23)40(31,35)36/h2-4,6-8,10-12,14-15,21,26H,5,9,13,16-18H2,1H3,(H,29,33)/t21-,26-/m0/s1. The number of carbonyl (C=O) groups excluding carboxylic acids is 3. The number of sulfonamides is 1. The summed E-state index contributed by atoms with van der Waals surface area (Å²) in [7, 11) is -2.73. The van der Waals surface area contributed by atoms with Gasteiger partial charge in [-0.3, -0.25) is 14.4 Å². The number of benzene rings is 2. The number of fused-ring (bicyclic) bond motifs is 1. The fraction of sp³-hybridized carbons (Fsp3) is 0.321. The van der Waals surface area contributed by atoms with Gasteiger partial charge in [-0.2, -0.15) is 0 Å². The molecule has 0 spiro atoms. The Balaban J connectivity index is 1.50. The first-order chi connectivity index (χ1) is 19.3. The summed E-state index contributed by atoms with van der Waals surface area (Å²) >= 11 is 1.40. The largest absolute Gasteiger partial charge is 0.497 e. The number of thiophene rings is 1. The Hall–Kier alpha value is -3.74. The lowest BCUT2D eigenvalue weighted by Gasteiger charge is -2.32. The lowest BCUT2D eigenvalue weighted by Crippen LogP contribution is -2.48. The monoisotopic (exact) mass is 583 g/mol. The van der Waals surface area contributed by atoms with Crippen molar-refractivity contribution in [1.82, 2.24) is 14.5 Å². The summed E-state index contributed by atoms with van der Waals surface area (Å²) in [6.07, 6.45) is 1.60. The summed E-state index contributed by atoms with van der Waals surface area (Å²) < 4.78 is 38.0. The van der Waals surface area contributed by atoms with Gasteiger partial charge in [0.15, 0.2) is 0 Å². The predicted octanol–water partition coefficient (Wildman–Crippen LogP) is 2.97. The van der Waals surface area contributed by atoms with Crippen LogP contribution in [0.3, 0.4) is 0 Å². The van der Waals surface area contributed by atoms with E-state index in [-0.39, 0.29) is 29.7 Å². The van der Waals surface area contributed by atoms with Crippen LogP contribution in [0.5, 0.6) is 5.75 Å². The minimum Gasteiger partial charge on any atom is -0.497 e. The second-order valence-electron chi connectivity index (χ2n) is 9.47. The predicted molar refractivity (Wildman–Crippen MR) is 147 cm³/mol. The number of hydrogen-bond acceptors (Lipinski definition) is 8. The highest BCUT2D eigenvalue weighted by Gasteiger charge is 2.43. The quantitative estimate of drug-likeness (QED) is 0.389.